The predicted octanol–water partition coefficient (Wildman–Crippen LogP) is 5.83. The van der Waals surface area contributed by atoms with E-state index in [2.05, 4.69) is 15.2 Å². The van der Waals surface area contributed by atoms with Gasteiger partial charge in [-0.3, -0.25) is 9.59 Å². The van der Waals surface area contributed by atoms with Crippen molar-refractivity contribution in [1.29, 1.82) is 0 Å². The molecule has 3 aromatic carbocycles. The van der Waals surface area contributed by atoms with E-state index in [0.717, 1.165) is 43.4 Å². The fourth-order valence-electron chi connectivity index (χ4n) is 6.00. The summed E-state index contributed by atoms with van der Waals surface area (Å²) < 4.78 is 25.7. The summed E-state index contributed by atoms with van der Waals surface area (Å²) in [5.74, 6) is -2.97. The van der Waals surface area contributed by atoms with Gasteiger partial charge in [-0.25, -0.2) is 14.2 Å². The molecule has 0 radical (unpaired) electrons. The number of aromatic carboxylic acids is 1. The van der Waals surface area contributed by atoms with Crippen molar-refractivity contribution < 1.29 is 33.0 Å². The van der Waals surface area contributed by atoms with E-state index in [1.807, 2.05) is 18.2 Å². The molecule has 232 valence electrons. The summed E-state index contributed by atoms with van der Waals surface area (Å²) >= 11 is 5.93. The highest BCUT2D eigenvalue weighted by atomic mass is 35.5. The van der Waals surface area contributed by atoms with Crippen LogP contribution in [0.4, 0.5) is 15.8 Å². The van der Waals surface area contributed by atoms with Gasteiger partial charge in [0.25, 0.3) is 11.8 Å². The predicted molar refractivity (Wildman–Crippen MR) is 165 cm³/mol. The Balaban J connectivity index is 1.34. The molecule has 2 aliphatic heterocycles. The molecular formula is C33H30ClFN4O6. The zero-order valence-electron chi connectivity index (χ0n) is 24.3. The Morgan fingerprint density at radius 3 is 2.49 bits per heavy atom. The van der Waals surface area contributed by atoms with Crippen molar-refractivity contribution in [3.8, 4) is 11.5 Å². The largest absolute Gasteiger partial charge is 0.478 e. The van der Waals surface area contributed by atoms with E-state index >= 15 is 0 Å². The van der Waals surface area contributed by atoms with Gasteiger partial charge < -0.3 is 29.4 Å². The number of fused-ring (bicyclic) bond motifs is 1. The lowest BCUT2D eigenvalue weighted by atomic mass is 9.89. The Morgan fingerprint density at radius 1 is 1.04 bits per heavy atom. The maximum absolute atomic E-state index is 14.7. The van der Waals surface area contributed by atoms with Gasteiger partial charge in [0.1, 0.15) is 12.3 Å². The zero-order valence-corrected chi connectivity index (χ0v) is 25.1. The van der Waals surface area contributed by atoms with E-state index < -0.39 is 29.6 Å². The molecule has 10 nitrogen and oxygen atoms in total. The number of rotatable bonds is 7. The number of nitrogens with zero attached hydrogens (tertiary/aromatic N) is 3. The molecule has 2 aliphatic rings. The number of carboxylic acid groups (broad SMARTS) is 1. The number of aromatic nitrogens is 1. The lowest BCUT2D eigenvalue weighted by Crippen LogP contribution is -2.46. The SMILES string of the molecule is COC1CCN(c2cccc3c2CCN(C(=O)c2coc(-c4cccc(Cl)c4F)n2)C3C(=O)Nc2ccc(C(=O)O)cc2)CC1. The van der Waals surface area contributed by atoms with Crippen LogP contribution < -0.4 is 10.2 Å². The number of carbonyl (C=O) groups is 3. The van der Waals surface area contributed by atoms with Crippen LogP contribution in [-0.4, -0.2) is 65.6 Å². The maximum Gasteiger partial charge on any atom is 0.335 e. The molecule has 1 atom stereocenters. The Kier molecular flexibility index (Phi) is 8.55. The van der Waals surface area contributed by atoms with Crippen LogP contribution in [0, 0.1) is 5.82 Å². The molecule has 1 unspecified atom stereocenters. The Morgan fingerprint density at radius 2 is 1.78 bits per heavy atom. The lowest BCUT2D eigenvalue weighted by molar-refractivity contribution is -0.121. The maximum atomic E-state index is 14.7. The molecule has 1 fully saturated rings. The topological polar surface area (TPSA) is 125 Å². The molecule has 1 saturated heterocycles. The number of halogens is 2. The van der Waals surface area contributed by atoms with Crippen molar-refractivity contribution in [2.24, 2.45) is 0 Å². The number of amides is 2. The van der Waals surface area contributed by atoms with E-state index in [1.54, 1.807) is 13.2 Å². The molecule has 6 rings (SSSR count). The van der Waals surface area contributed by atoms with Crippen LogP contribution in [0.5, 0.6) is 0 Å². The fourth-order valence-corrected chi connectivity index (χ4v) is 6.17. The van der Waals surface area contributed by atoms with Crippen LogP contribution in [0.2, 0.25) is 5.02 Å². The van der Waals surface area contributed by atoms with Gasteiger partial charge in [0, 0.05) is 38.1 Å². The van der Waals surface area contributed by atoms with Crippen LogP contribution in [0.15, 0.2) is 71.3 Å². The number of benzene rings is 3. The van der Waals surface area contributed by atoms with Crippen LogP contribution in [0.3, 0.4) is 0 Å². The summed E-state index contributed by atoms with van der Waals surface area (Å²) in [5, 5.41) is 12.0. The lowest BCUT2D eigenvalue weighted by Gasteiger charge is -2.40. The van der Waals surface area contributed by atoms with E-state index in [0.29, 0.717) is 17.7 Å². The van der Waals surface area contributed by atoms with E-state index in [1.165, 1.54) is 41.3 Å². The van der Waals surface area contributed by atoms with E-state index in [9.17, 15) is 23.9 Å². The fraction of sp³-hybridized carbons (Fsp3) is 0.273. The highest BCUT2D eigenvalue weighted by Crippen LogP contribution is 2.38. The number of carboxylic acids is 1. The van der Waals surface area contributed by atoms with Gasteiger partial charge in [0.15, 0.2) is 11.5 Å². The molecule has 0 bridgehead atoms. The second-order valence-corrected chi connectivity index (χ2v) is 11.3. The van der Waals surface area contributed by atoms with Crippen LogP contribution in [0.25, 0.3) is 11.5 Å². The molecule has 12 heteroatoms. The molecule has 1 aromatic heterocycles. The van der Waals surface area contributed by atoms with Crippen LogP contribution in [0.1, 0.15) is 50.9 Å². The van der Waals surface area contributed by atoms with Gasteiger partial charge in [-0.15, -0.1) is 0 Å². The monoisotopic (exact) mass is 632 g/mol. The average molecular weight is 633 g/mol. The molecule has 0 saturated carbocycles. The molecule has 0 spiro atoms. The number of anilines is 2. The van der Waals surface area contributed by atoms with E-state index in [4.69, 9.17) is 20.8 Å². The summed E-state index contributed by atoms with van der Waals surface area (Å²) in [7, 11) is 1.72. The van der Waals surface area contributed by atoms with Crippen molar-refractivity contribution in [2.75, 3.05) is 37.0 Å². The summed E-state index contributed by atoms with van der Waals surface area (Å²) in [5.41, 5.74) is 3.03. The Hall–Kier alpha value is -4.74. The highest BCUT2D eigenvalue weighted by molar-refractivity contribution is 6.31. The molecule has 45 heavy (non-hydrogen) atoms. The first-order valence-electron chi connectivity index (χ1n) is 14.5. The van der Waals surface area contributed by atoms with Gasteiger partial charge in [-0.05, 0) is 72.9 Å². The Labute approximate surface area is 263 Å². The van der Waals surface area contributed by atoms with Crippen LogP contribution in [-0.2, 0) is 16.0 Å². The van der Waals surface area contributed by atoms with Crippen molar-refractivity contribution in [3.63, 3.8) is 0 Å². The van der Waals surface area contributed by atoms with Gasteiger partial charge in [0.2, 0.25) is 5.89 Å². The summed E-state index contributed by atoms with van der Waals surface area (Å²) in [4.78, 5) is 47.3. The second-order valence-electron chi connectivity index (χ2n) is 10.9. The molecule has 2 amide bonds. The highest BCUT2D eigenvalue weighted by Gasteiger charge is 2.39. The van der Waals surface area contributed by atoms with Gasteiger partial charge in [-0.1, -0.05) is 29.8 Å². The first-order chi connectivity index (χ1) is 21.7. The number of carbonyl (C=O) groups excluding carboxylic acids is 2. The van der Waals surface area contributed by atoms with Gasteiger partial charge >= 0.3 is 5.97 Å². The second kappa shape index (κ2) is 12.7. The standard InChI is InChI=1S/C33H30ClFN4O6/c1-44-21-12-15-38(16-13-21)27-7-3-4-23-22(27)14-17-39(29(23)30(40)36-20-10-8-19(9-11-20)33(42)43)32(41)26-18-45-31(37-26)24-5-2-6-25(34)28(24)35/h2-11,18,21,29H,12-17H2,1H3,(H,36,40)(H,42,43). The zero-order chi connectivity index (χ0) is 31.7. The van der Waals surface area contributed by atoms with Crippen molar-refractivity contribution in [1.82, 2.24) is 9.88 Å². The van der Waals surface area contributed by atoms with Gasteiger partial charge in [0.05, 0.1) is 22.3 Å². The smallest absolute Gasteiger partial charge is 0.335 e. The number of nitrogens with one attached hydrogen (secondary N) is 1. The summed E-state index contributed by atoms with van der Waals surface area (Å²) in [6, 6.07) is 14.9. The van der Waals surface area contributed by atoms with Crippen molar-refractivity contribution >= 4 is 40.8 Å². The molecular weight excluding hydrogens is 603 g/mol. The van der Waals surface area contributed by atoms with Crippen LogP contribution >= 0.6 is 11.6 Å². The number of piperidine rings is 1. The number of hydrogen-bond donors (Lipinski definition) is 2. The van der Waals surface area contributed by atoms with Crippen molar-refractivity contribution in [2.45, 2.75) is 31.4 Å². The number of methoxy groups -OCH3 is 1. The van der Waals surface area contributed by atoms with Gasteiger partial charge in [-0.2, -0.15) is 0 Å². The minimum absolute atomic E-state index is 0.00604. The normalized spacial score (nSPS) is 16.7. The molecule has 4 aromatic rings. The average Bonchev–Trinajstić information content (AvgIpc) is 3.55. The summed E-state index contributed by atoms with van der Waals surface area (Å²) in [6.45, 7) is 1.81. The third-order valence-corrected chi connectivity index (χ3v) is 8.62. The first kappa shape index (κ1) is 30.3. The summed E-state index contributed by atoms with van der Waals surface area (Å²) in [6.07, 6.45) is 3.59. The number of oxazole rings is 1. The third-order valence-electron chi connectivity index (χ3n) is 8.33. The third kappa shape index (κ3) is 6.01. The first-order valence-corrected chi connectivity index (χ1v) is 14.9. The quantitative estimate of drug-likeness (QED) is 0.261. The minimum Gasteiger partial charge on any atom is -0.478 e. The number of hydrogen-bond acceptors (Lipinski definition) is 7. The van der Waals surface area contributed by atoms with E-state index in [-0.39, 0.29) is 40.4 Å². The van der Waals surface area contributed by atoms with Crippen molar-refractivity contribution in [3.05, 3.63) is 100 Å². The minimum atomic E-state index is -1.09. The molecule has 2 N–H and O–H groups in total. The molecule has 0 aliphatic carbocycles. The molecule has 3 heterocycles. The number of ether oxygens (including phenoxy) is 1. The Bertz CT molecular complexity index is 1750.